The van der Waals surface area contributed by atoms with Gasteiger partial charge in [0.25, 0.3) is 0 Å². The van der Waals surface area contributed by atoms with Crippen LogP contribution < -0.4 is 5.32 Å². The summed E-state index contributed by atoms with van der Waals surface area (Å²) in [5.74, 6) is -0.179. The van der Waals surface area contributed by atoms with Gasteiger partial charge in [-0.15, -0.1) is 0 Å². The van der Waals surface area contributed by atoms with Crippen molar-refractivity contribution in [2.24, 2.45) is 0 Å². The van der Waals surface area contributed by atoms with Crippen LogP contribution in [0.15, 0.2) is 29.2 Å². The molecule has 6 nitrogen and oxygen atoms in total. The molecule has 122 valence electrons. The third-order valence-electron chi connectivity index (χ3n) is 3.55. The number of amides is 1. The highest BCUT2D eigenvalue weighted by molar-refractivity contribution is 7.89. The van der Waals surface area contributed by atoms with Crippen molar-refractivity contribution in [1.29, 1.82) is 0 Å². The summed E-state index contributed by atoms with van der Waals surface area (Å²) >= 11 is 5.78. The summed E-state index contributed by atoms with van der Waals surface area (Å²) in [6.45, 7) is 0.773. The van der Waals surface area contributed by atoms with Gasteiger partial charge < -0.3 is 10.1 Å². The summed E-state index contributed by atoms with van der Waals surface area (Å²) in [7, 11) is -2.04. The van der Waals surface area contributed by atoms with E-state index in [0.29, 0.717) is 31.0 Å². The average molecular weight is 347 g/mol. The summed E-state index contributed by atoms with van der Waals surface area (Å²) in [5, 5.41) is 3.33. The van der Waals surface area contributed by atoms with Crippen LogP contribution in [0.25, 0.3) is 0 Å². The Balaban J connectivity index is 1.96. The number of nitrogens with zero attached hydrogens (tertiary/aromatic N) is 1. The van der Waals surface area contributed by atoms with E-state index in [1.165, 1.54) is 23.5 Å². The van der Waals surface area contributed by atoms with Gasteiger partial charge in [-0.1, -0.05) is 11.6 Å². The second-order valence-corrected chi connectivity index (χ2v) is 7.51. The molecule has 1 heterocycles. The first-order chi connectivity index (χ1) is 10.4. The van der Waals surface area contributed by atoms with Crippen molar-refractivity contribution in [3.63, 3.8) is 0 Å². The number of carbonyl (C=O) groups excluding carboxylic acids is 1. The molecule has 8 heteroatoms. The highest BCUT2D eigenvalue weighted by Crippen LogP contribution is 2.22. The molecule has 0 aromatic heterocycles. The van der Waals surface area contributed by atoms with Crippen LogP contribution in [0.3, 0.4) is 0 Å². The number of hydrogen-bond donors (Lipinski definition) is 1. The molecule has 0 aliphatic carbocycles. The Kier molecular flexibility index (Phi) is 5.80. The Bertz CT molecular complexity index is 610. The van der Waals surface area contributed by atoms with Crippen LogP contribution in [0.5, 0.6) is 0 Å². The number of sulfonamides is 1. The second-order valence-electron chi connectivity index (χ2n) is 5.13. The molecule has 0 unspecified atom stereocenters. The van der Waals surface area contributed by atoms with E-state index in [1.807, 2.05) is 0 Å². The zero-order valence-electron chi connectivity index (χ0n) is 12.3. The van der Waals surface area contributed by atoms with E-state index in [9.17, 15) is 13.2 Å². The first-order valence-electron chi connectivity index (χ1n) is 6.97. The molecule has 1 fully saturated rings. The van der Waals surface area contributed by atoms with Crippen LogP contribution in [-0.4, -0.2) is 51.5 Å². The van der Waals surface area contributed by atoms with E-state index in [0.717, 1.165) is 0 Å². The number of rotatable bonds is 5. The van der Waals surface area contributed by atoms with Crippen LogP contribution in [0.4, 0.5) is 0 Å². The van der Waals surface area contributed by atoms with Gasteiger partial charge in [-0.3, -0.25) is 4.79 Å². The van der Waals surface area contributed by atoms with E-state index < -0.39 is 10.0 Å². The fraction of sp³-hybridized carbons (Fsp3) is 0.500. The van der Waals surface area contributed by atoms with Crippen LogP contribution in [0.2, 0.25) is 5.02 Å². The number of methoxy groups -OCH3 is 1. The van der Waals surface area contributed by atoms with Crippen molar-refractivity contribution < 1.29 is 17.9 Å². The monoisotopic (exact) mass is 346 g/mol. The predicted octanol–water partition coefficient (Wildman–Crippen LogP) is 1.26. The van der Waals surface area contributed by atoms with E-state index in [1.54, 1.807) is 12.1 Å². The minimum absolute atomic E-state index is 0.0145. The molecule has 0 atom stereocenters. The molecule has 0 bridgehead atoms. The SMILES string of the molecule is COCC(=O)NC1CCN(S(=O)(=O)c2ccc(Cl)cc2)CC1. The molecule has 1 saturated heterocycles. The first-order valence-corrected chi connectivity index (χ1v) is 8.79. The van der Waals surface area contributed by atoms with E-state index in [-0.39, 0.29) is 23.5 Å². The van der Waals surface area contributed by atoms with Gasteiger partial charge in [0.05, 0.1) is 4.90 Å². The Morgan fingerprint density at radius 1 is 1.32 bits per heavy atom. The van der Waals surface area contributed by atoms with Crippen LogP contribution in [0, 0.1) is 0 Å². The smallest absolute Gasteiger partial charge is 0.246 e. The average Bonchev–Trinajstić information content (AvgIpc) is 2.48. The van der Waals surface area contributed by atoms with Gasteiger partial charge in [0.2, 0.25) is 15.9 Å². The lowest BCUT2D eigenvalue weighted by Gasteiger charge is -2.31. The number of benzene rings is 1. The standard InChI is InChI=1S/C14H19ClN2O4S/c1-21-10-14(18)16-12-6-8-17(9-7-12)22(19,20)13-4-2-11(15)3-5-13/h2-5,12H,6-10H2,1H3,(H,16,18). The molecule has 1 N–H and O–H groups in total. The van der Waals surface area contributed by atoms with Gasteiger partial charge >= 0.3 is 0 Å². The maximum atomic E-state index is 12.5. The molecule has 1 aromatic carbocycles. The van der Waals surface area contributed by atoms with Crippen molar-refractivity contribution in [1.82, 2.24) is 9.62 Å². The zero-order chi connectivity index (χ0) is 16.2. The predicted molar refractivity (Wildman–Crippen MR) is 83.3 cm³/mol. The third kappa shape index (κ3) is 4.19. The summed E-state index contributed by atoms with van der Waals surface area (Å²) in [6, 6.07) is 6.12. The molecular weight excluding hydrogens is 328 g/mol. The summed E-state index contributed by atoms with van der Waals surface area (Å²) in [4.78, 5) is 11.7. The van der Waals surface area contributed by atoms with E-state index >= 15 is 0 Å². The Labute approximate surface area is 135 Å². The van der Waals surface area contributed by atoms with Gasteiger partial charge in [0.1, 0.15) is 6.61 Å². The van der Waals surface area contributed by atoms with Gasteiger partial charge in [0.15, 0.2) is 0 Å². The van der Waals surface area contributed by atoms with Gasteiger partial charge in [-0.05, 0) is 37.1 Å². The Morgan fingerprint density at radius 2 is 1.91 bits per heavy atom. The lowest BCUT2D eigenvalue weighted by Crippen LogP contribution is -2.47. The Morgan fingerprint density at radius 3 is 2.45 bits per heavy atom. The summed E-state index contributed by atoms with van der Waals surface area (Å²) in [5.41, 5.74) is 0. The molecule has 1 amide bonds. The van der Waals surface area contributed by atoms with Crippen molar-refractivity contribution in [2.75, 3.05) is 26.8 Å². The molecular formula is C14H19ClN2O4S. The fourth-order valence-corrected chi connectivity index (χ4v) is 3.99. The molecule has 1 aliphatic heterocycles. The lowest BCUT2D eigenvalue weighted by molar-refractivity contribution is -0.125. The van der Waals surface area contributed by atoms with E-state index in [4.69, 9.17) is 16.3 Å². The molecule has 22 heavy (non-hydrogen) atoms. The number of nitrogens with one attached hydrogen (secondary N) is 1. The largest absolute Gasteiger partial charge is 0.375 e. The topological polar surface area (TPSA) is 75.7 Å². The lowest BCUT2D eigenvalue weighted by atomic mass is 10.1. The fourth-order valence-electron chi connectivity index (χ4n) is 2.40. The number of ether oxygens (including phenoxy) is 1. The van der Waals surface area contributed by atoms with Crippen molar-refractivity contribution in [3.05, 3.63) is 29.3 Å². The summed E-state index contributed by atoms with van der Waals surface area (Å²) < 4.78 is 31.2. The molecule has 0 radical (unpaired) electrons. The van der Waals surface area contributed by atoms with Crippen LogP contribution in [-0.2, 0) is 19.6 Å². The van der Waals surface area contributed by atoms with Crippen molar-refractivity contribution in [3.8, 4) is 0 Å². The van der Waals surface area contributed by atoms with Gasteiger partial charge in [-0.2, -0.15) is 4.31 Å². The maximum Gasteiger partial charge on any atom is 0.246 e. The number of piperidine rings is 1. The van der Waals surface area contributed by atoms with Crippen molar-refractivity contribution in [2.45, 2.75) is 23.8 Å². The molecule has 1 aliphatic rings. The minimum atomic E-state index is -3.50. The van der Waals surface area contributed by atoms with Gasteiger partial charge in [0, 0.05) is 31.3 Å². The molecule has 1 aromatic rings. The quantitative estimate of drug-likeness (QED) is 0.870. The maximum absolute atomic E-state index is 12.5. The number of hydrogen-bond acceptors (Lipinski definition) is 4. The summed E-state index contributed by atoms with van der Waals surface area (Å²) in [6.07, 6.45) is 1.17. The third-order valence-corrected chi connectivity index (χ3v) is 5.71. The van der Waals surface area contributed by atoms with E-state index in [2.05, 4.69) is 5.32 Å². The zero-order valence-corrected chi connectivity index (χ0v) is 13.9. The highest BCUT2D eigenvalue weighted by Gasteiger charge is 2.29. The number of halogens is 1. The van der Waals surface area contributed by atoms with Gasteiger partial charge in [-0.25, -0.2) is 8.42 Å². The normalized spacial score (nSPS) is 17.4. The van der Waals surface area contributed by atoms with Crippen molar-refractivity contribution >= 4 is 27.5 Å². The molecule has 0 spiro atoms. The molecule has 2 rings (SSSR count). The van der Waals surface area contributed by atoms with Crippen LogP contribution >= 0.6 is 11.6 Å². The molecule has 0 saturated carbocycles. The first kappa shape index (κ1) is 17.2. The Hall–Kier alpha value is -1.15. The minimum Gasteiger partial charge on any atom is -0.375 e. The highest BCUT2D eigenvalue weighted by atomic mass is 35.5. The number of carbonyl (C=O) groups is 1. The van der Waals surface area contributed by atoms with Crippen LogP contribution in [0.1, 0.15) is 12.8 Å². The second kappa shape index (κ2) is 7.41.